The number of hydrogen-bond acceptors (Lipinski definition) is 4. The van der Waals surface area contributed by atoms with Crippen LogP contribution in [0.25, 0.3) is 0 Å². The molecular formula is C17H18N4O3. The van der Waals surface area contributed by atoms with Crippen LogP contribution in [0.1, 0.15) is 22.0 Å². The van der Waals surface area contributed by atoms with Crippen molar-refractivity contribution in [2.75, 3.05) is 12.4 Å². The molecule has 24 heavy (non-hydrogen) atoms. The van der Waals surface area contributed by atoms with Crippen molar-refractivity contribution in [2.45, 2.75) is 6.04 Å². The minimum absolute atomic E-state index is 0.239. The molecule has 0 aromatic heterocycles. The van der Waals surface area contributed by atoms with E-state index in [0.29, 0.717) is 16.8 Å². The zero-order chi connectivity index (χ0) is 17.5. The van der Waals surface area contributed by atoms with Crippen LogP contribution in [0, 0.1) is 0 Å². The molecule has 0 bridgehead atoms. The van der Waals surface area contributed by atoms with E-state index < -0.39 is 18.0 Å². The molecule has 0 saturated carbocycles. The van der Waals surface area contributed by atoms with Gasteiger partial charge in [0.25, 0.3) is 11.8 Å². The van der Waals surface area contributed by atoms with Gasteiger partial charge in [-0.25, -0.2) is 4.79 Å². The first-order valence-corrected chi connectivity index (χ1v) is 7.25. The molecule has 124 valence electrons. The van der Waals surface area contributed by atoms with E-state index in [-0.39, 0.29) is 5.91 Å². The highest BCUT2D eigenvalue weighted by molar-refractivity contribution is 5.98. The smallest absolute Gasteiger partial charge is 0.318 e. The number of rotatable bonds is 5. The minimum atomic E-state index is -0.929. The van der Waals surface area contributed by atoms with Crippen molar-refractivity contribution in [3.05, 3.63) is 65.7 Å². The second-order valence-electron chi connectivity index (χ2n) is 5.00. The Bertz CT molecular complexity index is 747. The molecule has 7 nitrogen and oxygen atoms in total. The monoisotopic (exact) mass is 326 g/mol. The second kappa shape index (κ2) is 7.77. The Morgan fingerprint density at radius 1 is 1.00 bits per heavy atom. The molecule has 0 saturated heterocycles. The normalized spacial score (nSPS) is 11.2. The summed E-state index contributed by atoms with van der Waals surface area (Å²) in [5.41, 5.74) is 6.70. The van der Waals surface area contributed by atoms with Gasteiger partial charge >= 0.3 is 6.03 Å². The molecular weight excluding hydrogens is 308 g/mol. The number of amides is 4. The van der Waals surface area contributed by atoms with Crippen molar-refractivity contribution in [1.82, 2.24) is 10.6 Å². The summed E-state index contributed by atoms with van der Waals surface area (Å²) in [6, 6.07) is 13.8. The second-order valence-corrected chi connectivity index (χ2v) is 5.00. The quantitative estimate of drug-likeness (QED) is 0.665. The highest BCUT2D eigenvalue weighted by Gasteiger charge is 2.21. The molecule has 2 rings (SSSR count). The molecule has 0 aliphatic heterocycles. The van der Waals surface area contributed by atoms with Gasteiger partial charge in [0.1, 0.15) is 6.04 Å². The van der Waals surface area contributed by atoms with E-state index in [1.807, 2.05) is 6.07 Å². The van der Waals surface area contributed by atoms with Crippen LogP contribution in [0.2, 0.25) is 0 Å². The molecule has 0 radical (unpaired) electrons. The van der Waals surface area contributed by atoms with Gasteiger partial charge in [-0.1, -0.05) is 36.4 Å². The number of hydrogen-bond donors (Lipinski definition) is 4. The Morgan fingerprint density at radius 2 is 1.71 bits per heavy atom. The summed E-state index contributed by atoms with van der Waals surface area (Å²) < 4.78 is 0. The standard InChI is InChI=1S/C17H18N4O3/c1-19-15(22)12-8-5-9-13(10-12)20-14(16(23)21-17(18)24)11-6-3-2-4-7-11/h2-10,14,20H,1H3,(H,19,22)(H3,18,21,23,24)/t14-/m1/s1. The SMILES string of the molecule is CNC(=O)c1cccc(N[C@@H](C(=O)NC(N)=O)c2ccccc2)c1. The first-order valence-electron chi connectivity index (χ1n) is 7.25. The number of carbonyl (C=O) groups excluding carboxylic acids is 3. The maximum atomic E-state index is 12.3. The summed E-state index contributed by atoms with van der Waals surface area (Å²) in [7, 11) is 1.54. The Morgan fingerprint density at radius 3 is 2.33 bits per heavy atom. The molecule has 0 aliphatic rings. The number of carbonyl (C=O) groups is 3. The van der Waals surface area contributed by atoms with Crippen LogP contribution in [-0.4, -0.2) is 24.9 Å². The lowest BCUT2D eigenvalue weighted by molar-refractivity contribution is -0.120. The first-order chi connectivity index (χ1) is 11.5. The van der Waals surface area contributed by atoms with Gasteiger partial charge in [0, 0.05) is 18.3 Å². The van der Waals surface area contributed by atoms with Crippen molar-refractivity contribution in [1.29, 1.82) is 0 Å². The summed E-state index contributed by atoms with van der Waals surface area (Å²) >= 11 is 0. The predicted molar refractivity (Wildman–Crippen MR) is 90.4 cm³/mol. The van der Waals surface area contributed by atoms with Crippen LogP contribution in [0.3, 0.4) is 0 Å². The highest BCUT2D eigenvalue weighted by atomic mass is 16.2. The summed E-state index contributed by atoms with van der Waals surface area (Å²) in [5, 5.41) is 7.62. The maximum absolute atomic E-state index is 12.3. The maximum Gasteiger partial charge on any atom is 0.318 e. The fourth-order valence-corrected chi connectivity index (χ4v) is 2.20. The average molecular weight is 326 g/mol. The van der Waals surface area contributed by atoms with E-state index in [4.69, 9.17) is 5.73 Å². The van der Waals surface area contributed by atoms with E-state index in [0.717, 1.165) is 0 Å². The molecule has 4 amide bonds. The molecule has 0 fully saturated rings. The van der Waals surface area contributed by atoms with Crippen molar-refractivity contribution >= 4 is 23.5 Å². The fourth-order valence-electron chi connectivity index (χ4n) is 2.20. The van der Waals surface area contributed by atoms with E-state index in [9.17, 15) is 14.4 Å². The Kier molecular flexibility index (Phi) is 5.51. The highest BCUT2D eigenvalue weighted by Crippen LogP contribution is 2.21. The van der Waals surface area contributed by atoms with Crippen molar-refractivity contribution in [2.24, 2.45) is 5.73 Å². The number of anilines is 1. The Balaban J connectivity index is 2.30. The zero-order valence-corrected chi connectivity index (χ0v) is 13.1. The van der Waals surface area contributed by atoms with Gasteiger partial charge in [-0.2, -0.15) is 0 Å². The van der Waals surface area contributed by atoms with Gasteiger partial charge in [0.15, 0.2) is 0 Å². The molecule has 7 heteroatoms. The van der Waals surface area contributed by atoms with Crippen molar-refractivity contribution in [3.8, 4) is 0 Å². The number of imide groups is 1. The predicted octanol–water partition coefficient (Wildman–Crippen LogP) is 1.39. The van der Waals surface area contributed by atoms with Crippen LogP contribution in [0.15, 0.2) is 54.6 Å². The van der Waals surface area contributed by atoms with Gasteiger partial charge < -0.3 is 16.4 Å². The first kappa shape index (κ1) is 17.0. The van der Waals surface area contributed by atoms with Crippen LogP contribution in [0.5, 0.6) is 0 Å². The molecule has 2 aromatic rings. The number of nitrogens with two attached hydrogens (primary N) is 1. The fraction of sp³-hybridized carbons (Fsp3) is 0.118. The molecule has 5 N–H and O–H groups in total. The van der Waals surface area contributed by atoms with Crippen molar-refractivity contribution < 1.29 is 14.4 Å². The molecule has 0 spiro atoms. The Hall–Kier alpha value is -3.35. The van der Waals surface area contributed by atoms with Gasteiger partial charge in [-0.3, -0.25) is 14.9 Å². The third-order valence-corrected chi connectivity index (χ3v) is 3.30. The minimum Gasteiger partial charge on any atom is -0.370 e. The van der Waals surface area contributed by atoms with E-state index in [1.165, 1.54) is 7.05 Å². The molecule has 0 heterocycles. The topological polar surface area (TPSA) is 113 Å². The third kappa shape index (κ3) is 4.33. The largest absolute Gasteiger partial charge is 0.370 e. The van der Waals surface area contributed by atoms with Crippen molar-refractivity contribution in [3.63, 3.8) is 0 Å². The zero-order valence-electron chi connectivity index (χ0n) is 13.1. The summed E-state index contributed by atoms with van der Waals surface area (Å²) in [6.45, 7) is 0. The van der Waals surface area contributed by atoms with E-state index >= 15 is 0 Å². The number of nitrogens with one attached hydrogen (secondary N) is 3. The van der Waals surface area contributed by atoms with E-state index in [1.54, 1.807) is 48.5 Å². The van der Waals surface area contributed by atoms with Crippen LogP contribution in [-0.2, 0) is 4.79 Å². The molecule has 0 unspecified atom stereocenters. The van der Waals surface area contributed by atoms with Gasteiger partial charge in [-0.05, 0) is 23.8 Å². The lowest BCUT2D eigenvalue weighted by Gasteiger charge is -2.19. The Labute approximate surface area is 139 Å². The van der Waals surface area contributed by atoms with Crippen LogP contribution >= 0.6 is 0 Å². The number of primary amides is 1. The van der Waals surface area contributed by atoms with Crippen LogP contribution < -0.4 is 21.7 Å². The third-order valence-electron chi connectivity index (χ3n) is 3.30. The average Bonchev–Trinajstić information content (AvgIpc) is 2.59. The van der Waals surface area contributed by atoms with Gasteiger partial charge in [0.2, 0.25) is 0 Å². The van der Waals surface area contributed by atoms with Crippen LogP contribution in [0.4, 0.5) is 10.5 Å². The number of benzene rings is 2. The molecule has 0 aliphatic carbocycles. The summed E-state index contributed by atoms with van der Waals surface area (Å²) in [5.74, 6) is -0.824. The van der Waals surface area contributed by atoms with Gasteiger partial charge in [-0.15, -0.1) is 0 Å². The lowest BCUT2D eigenvalue weighted by atomic mass is 10.1. The molecule has 2 aromatic carbocycles. The van der Waals surface area contributed by atoms with E-state index in [2.05, 4.69) is 16.0 Å². The molecule has 1 atom stereocenters. The lowest BCUT2D eigenvalue weighted by Crippen LogP contribution is -2.40. The van der Waals surface area contributed by atoms with Gasteiger partial charge in [0.05, 0.1) is 0 Å². The summed E-state index contributed by atoms with van der Waals surface area (Å²) in [4.78, 5) is 35.0. The summed E-state index contributed by atoms with van der Waals surface area (Å²) in [6.07, 6.45) is 0. The number of urea groups is 1.